The number of fused-ring (bicyclic) bond motifs is 2. The predicted molar refractivity (Wildman–Crippen MR) is 269 cm³/mol. The van der Waals surface area contributed by atoms with Crippen molar-refractivity contribution in [3.8, 4) is 22.5 Å². The van der Waals surface area contributed by atoms with Gasteiger partial charge in [0.15, 0.2) is 0 Å². The van der Waals surface area contributed by atoms with Gasteiger partial charge in [0.2, 0.25) is 23.0 Å². The third-order valence-electron chi connectivity index (χ3n) is 11.2. The highest BCUT2D eigenvalue weighted by Gasteiger charge is 2.20. The van der Waals surface area contributed by atoms with Crippen molar-refractivity contribution in [1.82, 2.24) is 40.8 Å². The molecule has 6 aromatic rings. The van der Waals surface area contributed by atoms with Gasteiger partial charge in [0.05, 0.1) is 21.1 Å². The fraction of sp³-hybridized carbons (Fsp3) is 0.280. The first-order valence-corrected chi connectivity index (χ1v) is 23.9. The number of aryl methyl sites for hydroxylation is 4. The lowest BCUT2D eigenvalue weighted by atomic mass is 9.99. The number of benzene rings is 2. The summed E-state index contributed by atoms with van der Waals surface area (Å²) in [5, 5.41) is 8.83. The maximum Gasteiger partial charge on any atom is 0.261 e. The van der Waals surface area contributed by atoms with E-state index in [1.54, 1.807) is 53.1 Å². The standard InChI is InChI=1S/C25H27N5O2S.C22H25N5OS.C3H3ClO/c1-3-23(31)30(2)15-19-12-16(20-10-11-27-25(26)29-20)8-9-18(19)14-28-24(32)22-13-17-6-4-5-7-21(17)33-22;1-24-12-17-10-14(18-8-9-25-22(23)27-18)6-7-16(17)13-26-21(28)20-11-15-4-2-3-5-19(15)29-20;1-2-3(4)5/h3,8-13H,1,4-7,14-15H2,2H3,(H,28,32)(H2,26,27,29);6-11,24H,2-5,12-13H2,1H3,(H,26,28)(H2,23,25,27);2H,1H2. The highest BCUT2D eigenvalue weighted by atomic mass is 35.5. The summed E-state index contributed by atoms with van der Waals surface area (Å²) in [6, 6.07) is 19.7. The second-order valence-electron chi connectivity index (χ2n) is 15.9. The zero-order valence-electron chi connectivity index (χ0n) is 37.7. The minimum absolute atomic E-state index is 0.00691. The molecule has 7 N–H and O–H groups in total. The number of hydrogen-bond acceptors (Lipinski definition) is 13. The number of carbonyl (C=O) groups is 4. The number of nitrogens with zero attached hydrogens (tertiary/aromatic N) is 5. The molecule has 4 heterocycles. The van der Waals surface area contributed by atoms with Gasteiger partial charge in [-0.05, 0) is 152 Å². The van der Waals surface area contributed by atoms with Crippen LogP contribution in [0.4, 0.5) is 11.9 Å². The Morgan fingerprint density at radius 2 is 1.13 bits per heavy atom. The van der Waals surface area contributed by atoms with Gasteiger partial charge in [-0.2, -0.15) is 0 Å². The molecule has 0 fully saturated rings. The largest absolute Gasteiger partial charge is 0.368 e. The normalized spacial score (nSPS) is 12.4. The fourth-order valence-electron chi connectivity index (χ4n) is 7.71. The lowest BCUT2D eigenvalue weighted by Gasteiger charge is -2.19. The number of nitrogens with two attached hydrogens (primary N) is 2. The quantitative estimate of drug-likeness (QED) is 0.0522. The van der Waals surface area contributed by atoms with Gasteiger partial charge in [-0.3, -0.25) is 19.2 Å². The second kappa shape index (κ2) is 24.3. The number of allylic oxidation sites excluding steroid dienone is 1. The molecule has 0 radical (unpaired) electrons. The molecule has 2 aliphatic carbocycles. The number of likely N-dealkylation sites (N-methyl/N-ethyl adjacent to an activating group) is 1. The molecule has 0 saturated heterocycles. The molecule has 348 valence electrons. The summed E-state index contributed by atoms with van der Waals surface area (Å²) < 4.78 is 0. The number of anilines is 2. The van der Waals surface area contributed by atoms with E-state index < -0.39 is 5.24 Å². The van der Waals surface area contributed by atoms with Crippen molar-refractivity contribution in [2.75, 3.05) is 25.6 Å². The topological polar surface area (TPSA) is 211 Å². The number of hydrogen-bond donors (Lipinski definition) is 5. The Hall–Kier alpha value is -6.59. The SMILES string of the molecule is C=CC(=O)Cl.C=CC(=O)N(C)Cc1cc(-c2ccnc(N)n2)ccc1CNC(=O)c1cc2c(s1)CCCC2.CNCc1cc(-c2ccnc(N)n2)ccc1CNC(=O)c1cc2c(s1)CCCC2. The first-order chi connectivity index (χ1) is 32.3. The Labute approximate surface area is 404 Å². The summed E-state index contributed by atoms with van der Waals surface area (Å²) in [6.45, 7) is 8.57. The number of nitrogens with one attached hydrogen (secondary N) is 3. The van der Waals surface area contributed by atoms with Gasteiger partial charge in [-0.25, -0.2) is 19.9 Å². The molecule has 0 spiro atoms. The Balaban J connectivity index is 0.000000202. The van der Waals surface area contributed by atoms with Gasteiger partial charge < -0.3 is 32.3 Å². The maximum atomic E-state index is 12.8. The maximum absolute atomic E-state index is 12.8. The van der Waals surface area contributed by atoms with Crippen LogP contribution in [-0.4, -0.2) is 61.9 Å². The molecule has 0 bridgehead atoms. The van der Waals surface area contributed by atoms with E-state index in [1.807, 2.05) is 49.5 Å². The third kappa shape index (κ3) is 14.0. The van der Waals surface area contributed by atoms with E-state index >= 15 is 0 Å². The van der Waals surface area contributed by atoms with Crippen LogP contribution < -0.4 is 27.4 Å². The number of halogens is 1. The van der Waals surface area contributed by atoms with Gasteiger partial charge in [-0.1, -0.05) is 37.4 Å². The second-order valence-corrected chi connectivity index (χ2v) is 18.5. The zero-order chi connectivity index (χ0) is 47.9. The molecular formula is C50H55ClN10O4S2. The summed E-state index contributed by atoms with van der Waals surface area (Å²) in [6.07, 6.45) is 14.8. The minimum Gasteiger partial charge on any atom is -0.368 e. The minimum atomic E-state index is -0.509. The van der Waals surface area contributed by atoms with Crippen LogP contribution in [0, 0.1) is 0 Å². The molecule has 0 aliphatic heterocycles. The van der Waals surface area contributed by atoms with Crippen LogP contribution >= 0.6 is 34.3 Å². The van der Waals surface area contributed by atoms with E-state index in [4.69, 9.17) is 23.1 Å². The Morgan fingerprint density at radius 1 is 0.672 bits per heavy atom. The molecule has 3 amide bonds. The van der Waals surface area contributed by atoms with Crippen molar-refractivity contribution in [2.24, 2.45) is 0 Å². The van der Waals surface area contributed by atoms with Crippen molar-refractivity contribution in [3.05, 3.63) is 151 Å². The predicted octanol–water partition coefficient (Wildman–Crippen LogP) is 7.99. The van der Waals surface area contributed by atoms with Crippen molar-refractivity contribution in [3.63, 3.8) is 0 Å². The Morgan fingerprint density at radius 3 is 1.57 bits per heavy atom. The highest BCUT2D eigenvalue weighted by Crippen LogP contribution is 2.31. The van der Waals surface area contributed by atoms with Crippen LogP contribution in [0.5, 0.6) is 0 Å². The van der Waals surface area contributed by atoms with Crippen LogP contribution in [-0.2, 0) is 61.5 Å². The van der Waals surface area contributed by atoms with Crippen LogP contribution in [0.25, 0.3) is 22.5 Å². The Bertz CT molecular complexity index is 2710. The number of rotatable bonds is 14. The molecule has 0 unspecified atom stereocenters. The zero-order valence-corrected chi connectivity index (χ0v) is 40.1. The van der Waals surface area contributed by atoms with E-state index in [9.17, 15) is 19.2 Å². The van der Waals surface area contributed by atoms with E-state index in [-0.39, 0.29) is 29.6 Å². The number of nitrogen functional groups attached to an aromatic ring is 2. The molecule has 4 aromatic heterocycles. The molecule has 14 nitrogen and oxygen atoms in total. The number of aromatic nitrogens is 4. The number of thiophene rings is 2. The van der Waals surface area contributed by atoms with Crippen LogP contribution in [0.15, 0.2) is 98.4 Å². The molecule has 0 atom stereocenters. The average molecular weight is 960 g/mol. The molecule has 0 saturated carbocycles. The van der Waals surface area contributed by atoms with Crippen LogP contribution in [0.3, 0.4) is 0 Å². The highest BCUT2D eigenvalue weighted by molar-refractivity contribution is 7.14. The van der Waals surface area contributed by atoms with E-state index in [1.165, 1.54) is 52.6 Å². The fourth-order valence-corrected chi connectivity index (χ4v) is 10.0. The van der Waals surface area contributed by atoms with E-state index in [0.29, 0.717) is 31.9 Å². The van der Waals surface area contributed by atoms with E-state index in [0.717, 1.165) is 80.6 Å². The summed E-state index contributed by atoms with van der Waals surface area (Å²) in [7, 11) is 3.63. The first kappa shape index (κ1) is 49.8. The molecule has 67 heavy (non-hydrogen) atoms. The van der Waals surface area contributed by atoms with Gasteiger partial charge >= 0.3 is 0 Å². The van der Waals surface area contributed by atoms with Gasteiger partial charge in [0.1, 0.15) is 0 Å². The molecule has 2 aliphatic rings. The van der Waals surface area contributed by atoms with Crippen LogP contribution in [0.2, 0.25) is 0 Å². The Kier molecular flexibility index (Phi) is 18.0. The summed E-state index contributed by atoms with van der Waals surface area (Å²) >= 11 is 7.95. The van der Waals surface area contributed by atoms with Crippen molar-refractivity contribution >= 4 is 69.1 Å². The van der Waals surface area contributed by atoms with Crippen molar-refractivity contribution in [2.45, 2.75) is 77.5 Å². The lowest BCUT2D eigenvalue weighted by Crippen LogP contribution is -2.26. The monoisotopic (exact) mass is 958 g/mol. The summed E-state index contributed by atoms with van der Waals surface area (Å²) in [5.41, 5.74) is 21.5. The van der Waals surface area contributed by atoms with Crippen molar-refractivity contribution in [1.29, 1.82) is 0 Å². The van der Waals surface area contributed by atoms with Gasteiger partial charge in [-0.15, -0.1) is 22.7 Å². The molecule has 2 aromatic carbocycles. The van der Waals surface area contributed by atoms with Crippen LogP contribution in [0.1, 0.15) is 88.2 Å². The van der Waals surface area contributed by atoms with Crippen molar-refractivity contribution < 1.29 is 19.2 Å². The summed E-state index contributed by atoms with van der Waals surface area (Å²) in [5.74, 6) is 0.220. The molecule has 8 rings (SSSR count). The number of amides is 3. The lowest BCUT2D eigenvalue weighted by molar-refractivity contribution is -0.125. The van der Waals surface area contributed by atoms with Gasteiger partial charge in [0.25, 0.3) is 11.8 Å². The average Bonchev–Trinajstić information content (AvgIpc) is 3.99. The smallest absolute Gasteiger partial charge is 0.261 e. The van der Waals surface area contributed by atoms with Gasteiger partial charge in [0, 0.05) is 66.5 Å². The first-order valence-electron chi connectivity index (χ1n) is 21.9. The third-order valence-corrected chi connectivity index (χ3v) is 13.8. The van der Waals surface area contributed by atoms with E-state index in [2.05, 4.69) is 61.2 Å². The molecular weight excluding hydrogens is 904 g/mol. The number of carbonyl (C=O) groups excluding carboxylic acids is 4. The molecule has 17 heteroatoms. The summed E-state index contributed by atoms with van der Waals surface area (Å²) in [4.78, 5) is 69.4.